The van der Waals surface area contributed by atoms with Crippen LogP contribution in [0.15, 0.2) is 41.2 Å². The fourth-order valence-electron chi connectivity index (χ4n) is 7.99. The van der Waals surface area contributed by atoms with E-state index in [1.54, 1.807) is 44.9 Å². The lowest BCUT2D eigenvalue weighted by Gasteiger charge is -2.38. The number of ether oxygens (including phenoxy) is 4. The average molecular weight is 919 g/mol. The number of piperazine rings is 1. The lowest BCUT2D eigenvalue weighted by molar-refractivity contribution is -0.884. The normalized spacial score (nSPS) is 29.4. The summed E-state index contributed by atoms with van der Waals surface area (Å²) in [7, 11) is 6.49. The van der Waals surface area contributed by atoms with Crippen LogP contribution in [-0.2, 0) is 23.8 Å². The van der Waals surface area contributed by atoms with Crippen LogP contribution in [0.2, 0.25) is 0 Å². The number of aliphatic hydroxyl groups is 5. The Kier molecular flexibility index (Phi) is 21.4. The van der Waals surface area contributed by atoms with Gasteiger partial charge >= 0.3 is 11.8 Å². The van der Waals surface area contributed by atoms with E-state index in [9.17, 15) is 39.9 Å². The van der Waals surface area contributed by atoms with Gasteiger partial charge in [-0.3, -0.25) is 19.4 Å². The first-order chi connectivity index (χ1) is 30.7. The van der Waals surface area contributed by atoms with Crippen molar-refractivity contribution < 1.29 is 79.1 Å². The Hall–Kier alpha value is -5.28. The predicted molar refractivity (Wildman–Crippen MR) is 242 cm³/mol. The van der Waals surface area contributed by atoms with E-state index in [1.807, 2.05) is 0 Å². The summed E-state index contributed by atoms with van der Waals surface area (Å²) in [5.74, 6) is -8.84. The van der Waals surface area contributed by atoms with Gasteiger partial charge in [0.2, 0.25) is 0 Å². The molecule has 0 saturated carbocycles. The monoisotopic (exact) mass is 918 g/mol. The smallest absolute Gasteiger partial charge is 0.312 e. The number of aliphatic hydroxyl groups excluding tert-OH is 5. The number of phenolic OH excluding ortho intramolecular Hbond substituents is 2. The first-order valence-corrected chi connectivity index (χ1v) is 21.2. The number of anilines is 1. The van der Waals surface area contributed by atoms with E-state index >= 15 is 0 Å². The van der Waals surface area contributed by atoms with Crippen LogP contribution in [0.4, 0.5) is 5.69 Å². The van der Waals surface area contributed by atoms with Gasteiger partial charge in [0.15, 0.2) is 0 Å². The number of aromatic hydroxyl groups is 2. The summed E-state index contributed by atoms with van der Waals surface area (Å²) in [4.78, 5) is 41.8. The Labute approximate surface area is 380 Å². The molecule has 0 radical (unpaired) electrons. The standard InChI is InChI=1S/C43H58N4O12.3CH4O/c1-21-12-11-13-22(2)42(55)45-33-28(20-44-47-17-15-46(9)16-18-47)37(52)30-31(38(33)53)36(51)26(6)40-32(30)41(54)43(8,59-40)57-19-14-29(56-10)23(3)39(58-27(7)48)25(5)35(50)24(4)34(21)49;3*1-2/h11-14,19-21,23-25,29,34-35,39,49-53H,15-18H2,1-10H3,(H,45,55);3*2H,1H3/b12-11+,19-14+,22-13-,44-20+;;;/t21-,23+,24+,25+,29-,34-,35+,39+,43-;;;/m0.../s1. The first kappa shape index (κ1) is 55.9. The minimum atomic E-state index is -2.07. The van der Waals surface area contributed by atoms with Gasteiger partial charge in [-0.25, -0.2) is 0 Å². The van der Waals surface area contributed by atoms with Gasteiger partial charge in [0.25, 0.3) is 11.7 Å². The molecule has 0 spiro atoms. The molecule has 5 bridgehead atoms. The summed E-state index contributed by atoms with van der Waals surface area (Å²) < 4.78 is 23.5. The van der Waals surface area contributed by atoms with E-state index in [0.29, 0.717) is 13.1 Å². The number of hydrogen-bond donors (Lipinski definition) is 9. The summed E-state index contributed by atoms with van der Waals surface area (Å²) >= 11 is 0. The molecule has 4 heterocycles. The van der Waals surface area contributed by atoms with Gasteiger partial charge in [0.05, 0.1) is 80.8 Å². The second-order valence-corrected chi connectivity index (χ2v) is 16.3. The van der Waals surface area contributed by atoms with Crippen molar-refractivity contribution in [3.63, 3.8) is 0 Å². The van der Waals surface area contributed by atoms with Gasteiger partial charge < -0.3 is 70.0 Å². The molecule has 4 aliphatic rings. The molecule has 4 aliphatic heterocycles. The molecule has 1 fully saturated rings. The zero-order valence-corrected chi connectivity index (χ0v) is 39.7. The number of carbonyl (C=O) groups is 3. The number of allylic oxidation sites excluding steroid dienone is 2. The average Bonchev–Trinajstić information content (AvgIpc) is 3.56. The molecular formula is C46H70N4O15. The molecule has 2 aromatic rings. The van der Waals surface area contributed by atoms with Gasteiger partial charge in [-0.15, -0.1) is 0 Å². The molecular weight excluding hydrogens is 849 g/mol. The maximum Gasteiger partial charge on any atom is 0.312 e. The molecule has 364 valence electrons. The van der Waals surface area contributed by atoms with Gasteiger partial charge in [-0.05, 0) is 25.5 Å². The number of carbonyl (C=O) groups excluding carboxylic acids is 3. The van der Waals surface area contributed by atoms with Gasteiger partial charge in [0, 0.05) is 82.3 Å². The molecule has 19 nitrogen and oxygen atoms in total. The largest absolute Gasteiger partial charge is 0.872 e. The second kappa shape index (κ2) is 24.9. The molecule has 0 aromatic heterocycles. The number of Topliss-reactive ketones (excluding diaryl/α,β-unsaturated/α-hetero) is 1. The summed E-state index contributed by atoms with van der Waals surface area (Å²) in [6.45, 7) is 15.2. The number of phenols is 2. The first-order valence-electron chi connectivity index (χ1n) is 21.2. The fraction of sp³-hybridized carbons (Fsp3) is 0.565. The number of ketones is 1. The van der Waals surface area contributed by atoms with Crippen LogP contribution >= 0.6 is 0 Å². The number of hydrazone groups is 1. The summed E-state index contributed by atoms with van der Waals surface area (Å²) in [5, 5.41) is 90.1. The van der Waals surface area contributed by atoms with E-state index in [1.165, 1.54) is 64.3 Å². The van der Waals surface area contributed by atoms with E-state index in [-0.39, 0.29) is 39.1 Å². The molecule has 65 heavy (non-hydrogen) atoms. The highest BCUT2D eigenvalue weighted by Crippen LogP contribution is 2.54. The molecule has 0 aliphatic carbocycles. The SMILES string of the molecule is CO.CO.CO.CO[C@H]1/C=C/O[C@@]2(C)Oc3c(C)c([O-])c4c(O)c(c(/C=N/N5CC[NH+](C)CC5)c(O)c4c3C2=O)NC(=O)/C(C)=C\C=C\[C@H](C)[C@H](O)[C@@H](C)[C@@H](O)[C@@H](C)[C@H](OC(C)=O)[C@@H]1C. The Morgan fingerprint density at radius 2 is 1.55 bits per heavy atom. The van der Waals surface area contributed by atoms with Gasteiger partial charge in [-0.2, -0.15) is 5.10 Å². The van der Waals surface area contributed by atoms with Crippen molar-refractivity contribution in [1.29, 1.82) is 0 Å². The van der Waals surface area contributed by atoms with Crippen molar-refractivity contribution in [2.75, 3.05) is 67.0 Å². The molecule has 1 saturated heterocycles. The summed E-state index contributed by atoms with van der Waals surface area (Å²) in [5.41, 5.74) is -0.564. The Morgan fingerprint density at radius 3 is 2.12 bits per heavy atom. The minimum absolute atomic E-state index is 0.0529. The van der Waals surface area contributed by atoms with E-state index in [2.05, 4.69) is 17.5 Å². The number of hydrogen-bond acceptors (Lipinski definition) is 17. The van der Waals surface area contributed by atoms with Crippen LogP contribution in [0, 0.1) is 30.6 Å². The van der Waals surface area contributed by atoms with Gasteiger partial charge in [0.1, 0.15) is 23.4 Å². The van der Waals surface area contributed by atoms with Crippen LogP contribution in [0.5, 0.6) is 23.0 Å². The van der Waals surface area contributed by atoms with Crippen molar-refractivity contribution in [2.24, 2.45) is 28.8 Å². The third kappa shape index (κ3) is 12.3. The number of likely N-dealkylation sites (N-methyl/N-ethyl adjacent to an activating group) is 1. The number of esters is 1. The van der Waals surface area contributed by atoms with Crippen molar-refractivity contribution in [2.45, 2.75) is 85.6 Å². The molecule has 9 N–H and O–H groups in total. The van der Waals surface area contributed by atoms with Crippen LogP contribution in [0.3, 0.4) is 0 Å². The van der Waals surface area contributed by atoms with E-state index < -0.39 is 94.2 Å². The number of methoxy groups -OCH3 is 1. The number of benzene rings is 2. The molecule has 6 rings (SSSR count). The lowest BCUT2D eigenvalue weighted by atomic mass is 9.78. The number of nitrogens with zero attached hydrogens (tertiary/aromatic N) is 2. The van der Waals surface area contributed by atoms with E-state index in [0.717, 1.165) is 34.4 Å². The Morgan fingerprint density at radius 1 is 0.954 bits per heavy atom. The van der Waals surface area contributed by atoms with Gasteiger partial charge in [-0.1, -0.05) is 51.7 Å². The highest BCUT2D eigenvalue weighted by atomic mass is 16.7. The lowest BCUT2D eigenvalue weighted by Crippen LogP contribution is -3.11. The molecule has 9 atom stereocenters. The fourth-order valence-corrected chi connectivity index (χ4v) is 7.99. The molecule has 2 aromatic carbocycles. The predicted octanol–water partition coefficient (Wildman–Crippen LogP) is 1.11. The third-order valence-electron chi connectivity index (χ3n) is 12.0. The van der Waals surface area contributed by atoms with Crippen LogP contribution in [-0.4, -0.2) is 156 Å². The minimum Gasteiger partial charge on any atom is -0.872 e. The van der Waals surface area contributed by atoms with E-state index in [4.69, 9.17) is 34.3 Å². The maximum absolute atomic E-state index is 14.4. The van der Waals surface area contributed by atoms with Crippen LogP contribution < -0.4 is 20.1 Å². The van der Waals surface area contributed by atoms with Crippen LogP contribution in [0.1, 0.15) is 70.0 Å². The Balaban J connectivity index is 0.00000232. The quantitative estimate of drug-likeness (QED) is 0.0899. The number of quaternary nitrogens is 1. The van der Waals surface area contributed by atoms with Crippen molar-refractivity contribution >= 4 is 40.3 Å². The van der Waals surface area contributed by atoms with Crippen LogP contribution in [0.25, 0.3) is 10.8 Å². The highest BCUT2D eigenvalue weighted by Gasteiger charge is 2.49. The van der Waals surface area contributed by atoms with Crippen molar-refractivity contribution in [3.05, 3.63) is 52.8 Å². The zero-order valence-electron chi connectivity index (χ0n) is 39.7. The maximum atomic E-state index is 14.4. The number of nitrogens with one attached hydrogen (secondary N) is 2. The number of fused-ring (bicyclic) bond motifs is 14. The highest BCUT2D eigenvalue weighted by molar-refractivity contribution is 6.23. The molecule has 0 unspecified atom stereocenters. The Bertz CT molecular complexity index is 2080. The van der Waals surface area contributed by atoms with Crippen molar-refractivity contribution in [1.82, 2.24) is 5.01 Å². The number of amides is 1. The summed E-state index contributed by atoms with van der Waals surface area (Å²) in [6.07, 6.45) is 4.78. The summed E-state index contributed by atoms with van der Waals surface area (Å²) in [6, 6.07) is 0. The topological polar surface area (TPSA) is 285 Å². The van der Waals surface area contributed by atoms with Crippen molar-refractivity contribution in [3.8, 4) is 23.0 Å². The molecule has 1 amide bonds. The zero-order chi connectivity index (χ0) is 49.7. The number of rotatable bonds is 4. The molecule has 19 heteroatoms. The second-order valence-electron chi connectivity index (χ2n) is 16.3. The third-order valence-corrected chi connectivity index (χ3v) is 12.0.